The van der Waals surface area contributed by atoms with Gasteiger partial charge in [-0.25, -0.2) is 9.13 Å². The molecule has 0 atom stereocenters. The predicted octanol–water partition coefficient (Wildman–Crippen LogP) is -8.45. The number of rotatable bonds is 12. The molecule has 0 amide bonds. The van der Waals surface area contributed by atoms with Gasteiger partial charge in [0.25, 0.3) is 0 Å². The minimum absolute atomic E-state index is 0. The second-order valence-electron chi connectivity index (χ2n) is 5.02. The Labute approximate surface area is 272 Å². The van der Waals surface area contributed by atoms with Gasteiger partial charge in [0, 0.05) is 0 Å². The Kier molecular flexibility index (Phi) is 51.1. The molecule has 0 unspecified atom stereocenters. The van der Waals surface area contributed by atoms with Crippen molar-refractivity contribution < 1.29 is 184 Å². The predicted molar refractivity (Wildman–Crippen MR) is 88.6 cm³/mol. The van der Waals surface area contributed by atoms with E-state index in [1.54, 1.807) is 0 Å². The zero-order valence-corrected chi connectivity index (χ0v) is 28.0. The number of hydrogen-bond donors (Lipinski definition) is 5. The molecule has 26 heavy (non-hydrogen) atoms. The first kappa shape index (κ1) is 44.5. The van der Waals surface area contributed by atoms with Gasteiger partial charge in [0.1, 0.15) is 0 Å². The topological polar surface area (TPSA) is 145 Å². The molecule has 0 heterocycles. The van der Waals surface area contributed by atoms with Crippen LogP contribution in [0, 0.1) is 0 Å². The Balaban J connectivity index is -0.0000000348. The van der Waals surface area contributed by atoms with Gasteiger partial charge >= 0.3 is 156 Å². The van der Waals surface area contributed by atoms with Crippen LogP contribution in [-0.4, -0.2) is 31.1 Å². The summed E-state index contributed by atoms with van der Waals surface area (Å²) in [5, 5.41) is 0. The van der Waals surface area contributed by atoms with Crippen LogP contribution in [0.2, 0.25) is 0 Å². The summed E-state index contributed by atoms with van der Waals surface area (Å²) in [6.45, 7) is 2.39. The molecule has 14 heteroatoms. The molecule has 5 N–H and O–H groups in total. The molecule has 0 fully saturated rings. The SMILES string of the molecule is CCCCCCCCCCCCOP(=O)(O)O.O=P(O)(O)O.[H-].[H-].[H-].[H-].[K+].[Na+].[Na+].[Na+]. The summed E-state index contributed by atoms with van der Waals surface area (Å²) in [7, 11) is -8.88. The van der Waals surface area contributed by atoms with Crippen molar-refractivity contribution >= 4 is 15.6 Å². The van der Waals surface area contributed by atoms with E-state index in [0.717, 1.165) is 19.3 Å². The number of unbranched alkanes of at least 4 members (excludes halogenated alkanes) is 9. The molecule has 8 nitrogen and oxygen atoms in total. The average molecular weight is 476 g/mol. The van der Waals surface area contributed by atoms with Crippen LogP contribution in [0.5, 0.6) is 0 Å². The number of phosphoric ester groups is 1. The fourth-order valence-electron chi connectivity index (χ4n) is 1.77. The van der Waals surface area contributed by atoms with Crippen molar-refractivity contribution in [3.05, 3.63) is 0 Å². The van der Waals surface area contributed by atoms with Gasteiger partial charge in [-0.1, -0.05) is 64.7 Å². The van der Waals surface area contributed by atoms with Crippen LogP contribution < -0.4 is 140 Å². The first-order valence-electron chi connectivity index (χ1n) is 7.54. The van der Waals surface area contributed by atoms with Crippen LogP contribution in [0.15, 0.2) is 0 Å². The van der Waals surface area contributed by atoms with Crippen LogP contribution in [0.1, 0.15) is 76.8 Å². The van der Waals surface area contributed by atoms with Crippen molar-refractivity contribution in [3.63, 3.8) is 0 Å². The normalized spacial score (nSPS) is 10.1. The second kappa shape index (κ2) is 29.9. The summed E-state index contributed by atoms with van der Waals surface area (Å²) < 4.78 is 23.6. The van der Waals surface area contributed by atoms with Gasteiger partial charge in [0.2, 0.25) is 0 Å². The third-order valence-electron chi connectivity index (χ3n) is 2.76. The number of phosphoric acid groups is 2. The molecule has 0 saturated carbocycles. The zero-order chi connectivity index (χ0) is 17.5. The summed E-state index contributed by atoms with van der Waals surface area (Å²) in [4.78, 5) is 38.5. The minimum atomic E-state index is -4.64. The van der Waals surface area contributed by atoms with E-state index >= 15 is 0 Å². The van der Waals surface area contributed by atoms with Crippen molar-refractivity contribution in [2.75, 3.05) is 6.61 Å². The molecule has 0 saturated heterocycles. The van der Waals surface area contributed by atoms with E-state index in [4.69, 9.17) is 29.0 Å². The van der Waals surface area contributed by atoms with E-state index in [1.165, 1.54) is 44.9 Å². The molecule has 0 aliphatic rings. The summed E-state index contributed by atoms with van der Waals surface area (Å²) in [6, 6.07) is 0. The van der Waals surface area contributed by atoms with Gasteiger partial charge in [-0.3, -0.25) is 4.52 Å². The number of hydrogen-bond acceptors (Lipinski definition) is 3. The van der Waals surface area contributed by atoms with Crippen LogP contribution >= 0.6 is 15.6 Å². The van der Waals surface area contributed by atoms with Gasteiger partial charge < -0.3 is 30.2 Å². The van der Waals surface area contributed by atoms with Gasteiger partial charge in [-0.2, -0.15) is 0 Å². The molecule has 0 rings (SSSR count). The van der Waals surface area contributed by atoms with Gasteiger partial charge in [-0.15, -0.1) is 0 Å². The summed E-state index contributed by atoms with van der Waals surface area (Å²) in [6.07, 6.45) is 12.0. The van der Waals surface area contributed by atoms with Gasteiger partial charge in [0.05, 0.1) is 6.61 Å². The fourth-order valence-corrected chi connectivity index (χ4v) is 2.14. The molecule has 0 aromatic heterocycles. The van der Waals surface area contributed by atoms with Crippen LogP contribution in [0.3, 0.4) is 0 Å². The monoisotopic (exact) mass is 476 g/mol. The molecular formula is C12H34KNa3O8P2. The van der Waals surface area contributed by atoms with Gasteiger partial charge in [-0.05, 0) is 6.42 Å². The van der Waals surface area contributed by atoms with Crippen molar-refractivity contribution in [3.8, 4) is 0 Å². The van der Waals surface area contributed by atoms with Gasteiger partial charge in [0.15, 0.2) is 0 Å². The molecule has 0 radical (unpaired) electrons. The molecular weight excluding hydrogens is 442 g/mol. The van der Waals surface area contributed by atoms with E-state index in [0.29, 0.717) is 0 Å². The molecule has 0 aromatic rings. The Hall–Kier alpha value is 4.86. The Morgan fingerprint density at radius 1 is 0.692 bits per heavy atom. The second-order valence-corrected chi connectivity index (χ2v) is 7.28. The van der Waals surface area contributed by atoms with E-state index in [-0.39, 0.29) is 152 Å². The third-order valence-corrected chi connectivity index (χ3v) is 3.28. The largest absolute Gasteiger partial charge is 1.00 e. The quantitative estimate of drug-likeness (QED) is 0.106. The van der Waals surface area contributed by atoms with Crippen LogP contribution in [-0.2, 0) is 13.7 Å². The van der Waals surface area contributed by atoms with E-state index in [2.05, 4.69) is 11.4 Å². The van der Waals surface area contributed by atoms with Crippen LogP contribution in [0.4, 0.5) is 0 Å². The Morgan fingerprint density at radius 3 is 1.23 bits per heavy atom. The standard InChI is InChI=1S/C12H27O4P.K.3Na.H3O4P.4H/c1-2-3-4-5-6-7-8-9-10-11-12-16-17(13,14)15;;;;;1-5(2,3)4;;;;/h2-12H2,1H3,(H2,13,14,15);;;;;(H3,1,2,3,4);;;;/q;4*+1;;4*-1. The van der Waals surface area contributed by atoms with Crippen molar-refractivity contribution in [2.24, 2.45) is 0 Å². The minimum Gasteiger partial charge on any atom is -1.00 e. The average Bonchev–Trinajstić information content (AvgIpc) is 2.32. The maximum absolute atomic E-state index is 10.4. The first-order valence-corrected chi connectivity index (χ1v) is 10.6. The molecule has 0 aromatic carbocycles. The fraction of sp³-hybridized carbons (Fsp3) is 1.00. The Morgan fingerprint density at radius 2 is 0.962 bits per heavy atom. The maximum atomic E-state index is 10.4. The van der Waals surface area contributed by atoms with E-state index < -0.39 is 15.6 Å². The molecule has 144 valence electrons. The summed E-state index contributed by atoms with van der Waals surface area (Å²) in [5.74, 6) is 0. The Bertz CT molecular complexity index is 353. The molecule has 0 spiro atoms. The molecule has 0 aliphatic carbocycles. The molecule has 0 aliphatic heterocycles. The first-order chi connectivity index (χ1) is 10.1. The van der Waals surface area contributed by atoms with E-state index in [9.17, 15) is 4.57 Å². The van der Waals surface area contributed by atoms with Crippen molar-refractivity contribution in [1.82, 2.24) is 0 Å². The summed E-state index contributed by atoms with van der Waals surface area (Å²) in [5.41, 5.74) is 0. The van der Waals surface area contributed by atoms with Crippen molar-refractivity contribution in [2.45, 2.75) is 71.1 Å². The molecule has 0 bridgehead atoms. The smallest absolute Gasteiger partial charge is 1.00 e. The van der Waals surface area contributed by atoms with Crippen LogP contribution in [0.25, 0.3) is 0 Å². The third kappa shape index (κ3) is 63.0. The maximum Gasteiger partial charge on any atom is 1.00 e. The zero-order valence-electron chi connectivity index (χ0n) is 21.1. The van der Waals surface area contributed by atoms with Crippen molar-refractivity contribution in [1.29, 1.82) is 0 Å². The summed E-state index contributed by atoms with van der Waals surface area (Å²) >= 11 is 0. The van der Waals surface area contributed by atoms with E-state index in [1.807, 2.05) is 0 Å².